The van der Waals surface area contributed by atoms with Gasteiger partial charge < -0.3 is 14.5 Å². The van der Waals surface area contributed by atoms with Crippen LogP contribution in [-0.4, -0.2) is 39.4 Å². The maximum atomic E-state index is 13.3. The van der Waals surface area contributed by atoms with Crippen molar-refractivity contribution in [3.05, 3.63) is 52.7 Å². The van der Waals surface area contributed by atoms with Gasteiger partial charge in [0.25, 0.3) is 15.9 Å². The molecule has 1 aliphatic rings. The molecule has 29 heavy (non-hydrogen) atoms. The van der Waals surface area contributed by atoms with Gasteiger partial charge in [-0.2, -0.15) is 4.40 Å². The highest BCUT2D eigenvalue weighted by atomic mass is 32.2. The van der Waals surface area contributed by atoms with Crippen molar-refractivity contribution in [3.8, 4) is 11.3 Å². The molecule has 154 valence electrons. The molecule has 0 spiro atoms. The Hall–Kier alpha value is -2.94. The molecule has 3 rings (SSSR count). The van der Waals surface area contributed by atoms with Gasteiger partial charge in [0.1, 0.15) is 28.8 Å². The molecule has 1 N–H and O–H groups in total. The van der Waals surface area contributed by atoms with Crippen molar-refractivity contribution in [3.63, 3.8) is 0 Å². The average Bonchev–Trinajstić information content (AvgIpc) is 2.98. The third kappa shape index (κ3) is 4.56. The van der Waals surface area contributed by atoms with Crippen molar-refractivity contribution in [1.82, 2.24) is 5.32 Å². The van der Waals surface area contributed by atoms with E-state index in [1.54, 1.807) is 19.9 Å². The monoisotopic (exact) mass is 420 g/mol. The molecule has 0 saturated carbocycles. The molecule has 1 aliphatic carbocycles. The van der Waals surface area contributed by atoms with Crippen LogP contribution < -0.4 is 5.32 Å². The van der Waals surface area contributed by atoms with Gasteiger partial charge in [-0.1, -0.05) is 0 Å². The number of nitrogens with zero attached hydrogens (tertiary/aromatic N) is 1. The molecule has 0 aliphatic heterocycles. The second-order valence-electron chi connectivity index (χ2n) is 6.85. The molecule has 1 aromatic carbocycles. The molecule has 0 radical (unpaired) electrons. The Bertz CT molecular complexity index is 1110. The summed E-state index contributed by atoms with van der Waals surface area (Å²) in [5.41, 5.74) is 1.45. The first-order chi connectivity index (χ1) is 13.6. The van der Waals surface area contributed by atoms with E-state index < -0.39 is 21.7 Å². The van der Waals surface area contributed by atoms with Crippen molar-refractivity contribution in [2.75, 3.05) is 13.3 Å². The van der Waals surface area contributed by atoms with Crippen molar-refractivity contribution in [2.45, 2.75) is 26.4 Å². The van der Waals surface area contributed by atoms with Crippen LogP contribution in [0.15, 0.2) is 38.8 Å². The Morgan fingerprint density at radius 3 is 2.48 bits per heavy atom. The van der Waals surface area contributed by atoms with Crippen LogP contribution in [-0.2, 0) is 21.2 Å². The summed E-state index contributed by atoms with van der Waals surface area (Å²) in [6.45, 7) is 3.60. The molecule has 0 unspecified atom stereocenters. The Kier molecular flexibility index (Phi) is 5.61. The number of ether oxygens (including phenoxy) is 1. The lowest BCUT2D eigenvalue weighted by molar-refractivity contribution is 0.0963. The van der Waals surface area contributed by atoms with E-state index in [9.17, 15) is 17.6 Å². The van der Waals surface area contributed by atoms with Crippen LogP contribution in [0, 0.1) is 5.82 Å². The highest BCUT2D eigenvalue weighted by molar-refractivity contribution is 7.89. The summed E-state index contributed by atoms with van der Waals surface area (Å²) in [6, 6.07) is 5.55. The fraction of sp³-hybridized carbons (Fsp3) is 0.300. The molecule has 2 aromatic rings. The predicted molar refractivity (Wildman–Crippen MR) is 108 cm³/mol. The Morgan fingerprint density at radius 1 is 1.28 bits per heavy atom. The van der Waals surface area contributed by atoms with E-state index in [-0.39, 0.29) is 35.3 Å². The second-order valence-corrected chi connectivity index (χ2v) is 8.50. The minimum absolute atomic E-state index is 0.0339. The third-order valence-electron chi connectivity index (χ3n) is 4.11. The fourth-order valence-corrected chi connectivity index (χ4v) is 3.57. The zero-order valence-corrected chi connectivity index (χ0v) is 17.3. The molecule has 1 aromatic heterocycles. The number of carbonyl (C=O) groups excluding carboxylic acids is 1. The number of rotatable bonds is 5. The fourth-order valence-electron chi connectivity index (χ4n) is 3.02. The number of allylic oxidation sites excluding steroid dienone is 1. The molecule has 0 fully saturated rings. The van der Waals surface area contributed by atoms with Gasteiger partial charge in [0.2, 0.25) is 0 Å². The largest absolute Gasteiger partial charge is 0.489 e. The van der Waals surface area contributed by atoms with Crippen molar-refractivity contribution in [1.29, 1.82) is 0 Å². The van der Waals surface area contributed by atoms with Gasteiger partial charge in [-0.3, -0.25) is 4.79 Å². The lowest BCUT2D eigenvalue weighted by Crippen LogP contribution is -2.22. The van der Waals surface area contributed by atoms with Gasteiger partial charge in [0.15, 0.2) is 0 Å². The molecule has 0 saturated heterocycles. The van der Waals surface area contributed by atoms with E-state index in [1.165, 1.54) is 31.3 Å². The summed E-state index contributed by atoms with van der Waals surface area (Å²) in [6.07, 6.45) is 2.35. The molecule has 0 bridgehead atoms. The van der Waals surface area contributed by atoms with Crippen LogP contribution in [0.25, 0.3) is 17.4 Å². The number of fused-ring (bicyclic) bond motifs is 1. The van der Waals surface area contributed by atoms with Crippen LogP contribution >= 0.6 is 0 Å². The maximum Gasteiger partial charge on any atom is 0.255 e. The predicted octanol–water partition coefficient (Wildman–Crippen LogP) is 3.17. The zero-order chi connectivity index (χ0) is 21.3. The van der Waals surface area contributed by atoms with Crippen LogP contribution in [0.2, 0.25) is 0 Å². The first-order valence-corrected chi connectivity index (χ1v) is 10.7. The summed E-state index contributed by atoms with van der Waals surface area (Å²) < 4.78 is 52.2. The first-order valence-electron chi connectivity index (χ1n) is 8.90. The van der Waals surface area contributed by atoms with Gasteiger partial charge >= 0.3 is 0 Å². The maximum absolute atomic E-state index is 13.3. The molecular formula is C20H21FN2O5S. The lowest BCUT2D eigenvalue weighted by Gasteiger charge is -2.19. The Labute approximate surface area is 168 Å². The highest BCUT2D eigenvalue weighted by Gasteiger charge is 2.31. The van der Waals surface area contributed by atoms with E-state index in [2.05, 4.69) is 9.71 Å². The minimum Gasteiger partial charge on any atom is -0.489 e. The number of hydrogen-bond donors (Lipinski definition) is 1. The topological polar surface area (TPSA) is 98.0 Å². The number of furan rings is 1. The van der Waals surface area contributed by atoms with E-state index in [0.29, 0.717) is 16.9 Å². The van der Waals surface area contributed by atoms with Crippen molar-refractivity contribution in [2.24, 2.45) is 4.40 Å². The van der Waals surface area contributed by atoms with Gasteiger partial charge in [0.05, 0.1) is 24.3 Å². The van der Waals surface area contributed by atoms with E-state index in [4.69, 9.17) is 9.15 Å². The minimum atomic E-state index is -3.67. The van der Waals surface area contributed by atoms with Crippen molar-refractivity contribution >= 4 is 27.7 Å². The van der Waals surface area contributed by atoms with Gasteiger partial charge in [-0.15, -0.1) is 0 Å². The van der Waals surface area contributed by atoms with Crippen LogP contribution in [0.3, 0.4) is 0 Å². The van der Waals surface area contributed by atoms with Crippen LogP contribution in [0.1, 0.15) is 35.5 Å². The summed E-state index contributed by atoms with van der Waals surface area (Å²) in [7, 11) is -2.18. The highest BCUT2D eigenvalue weighted by Crippen LogP contribution is 2.37. The first kappa shape index (κ1) is 20.8. The molecular weight excluding hydrogens is 399 g/mol. The van der Waals surface area contributed by atoms with Crippen molar-refractivity contribution < 1.29 is 26.8 Å². The van der Waals surface area contributed by atoms with Gasteiger partial charge in [-0.25, -0.2) is 12.8 Å². The number of nitrogens with one attached hydrogen (secondary N) is 1. The van der Waals surface area contributed by atoms with E-state index >= 15 is 0 Å². The van der Waals surface area contributed by atoms with E-state index in [1.807, 2.05) is 0 Å². The smallest absolute Gasteiger partial charge is 0.255 e. The lowest BCUT2D eigenvalue weighted by atomic mass is 9.96. The number of hydrogen-bond acceptors (Lipinski definition) is 5. The number of halogens is 1. The molecule has 0 atom stereocenters. The van der Waals surface area contributed by atoms with Gasteiger partial charge in [-0.05, 0) is 44.2 Å². The van der Waals surface area contributed by atoms with Crippen LogP contribution in [0.4, 0.5) is 4.39 Å². The SMILES string of the molecule is CNC(=O)c1c(-c2ccc(F)cc2)oc2c1C=C(OC(C)C)C(=NS(C)(=O)=O)C2. The second kappa shape index (κ2) is 7.82. The summed E-state index contributed by atoms with van der Waals surface area (Å²) in [5.74, 6) is 0.0886. The normalized spacial score (nSPS) is 15.2. The van der Waals surface area contributed by atoms with Gasteiger partial charge in [0, 0.05) is 18.2 Å². The quantitative estimate of drug-likeness (QED) is 0.801. The number of carbonyl (C=O) groups is 1. The number of sulfonamides is 1. The number of amides is 1. The molecule has 1 heterocycles. The zero-order valence-electron chi connectivity index (χ0n) is 16.4. The third-order valence-corrected chi connectivity index (χ3v) is 4.66. The molecule has 1 amide bonds. The Morgan fingerprint density at radius 2 is 1.93 bits per heavy atom. The Balaban J connectivity index is 2.23. The van der Waals surface area contributed by atoms with Crippen LogP contribution in [0.5, 0.6) is 0 Å². The average molecular weight is 420 g/mol. The number of benzene rings is 1. The standard InChI is InChI=1S/C20H21FN2O5S/c1-11(2)27-17-9-14-16(10-15(17)23-29(4,25)26)28-19(18(14)20(24)22-3)12-5-7-13(21)8-6-12/h5-9,11H,10H2,1-4H3,(H,22,24). The molecule has 9 heteroatoms. The summed E-state index contributed by atoms with van der Waals surface area (Å²) in [4.78, 5) is 12.6. The van der Waals surface area contributed by atoms with E-state index in [0.717, 1.165) is 6.26 Å². The summed E-state index contributed by atoms with van der Waals surface area (Å²) >= 11 is 0. The summed E-state index contributed by atoms with van der Waals surface area (Å²) in [5, 5.41) is 2.57. The molecule has 7 nitrogen and oxygen atoms in total.